The second-order valence-electron chi connectivity index (χ2n) is 10.3. The van der Waals surface area contributed by atoms with Crippen molar-refractivity contribution in [1.82, 2.24) is 14.8 Å². The summed E-state index contributed by atoms with van der Waals surface area (Å²) in [7, 11) is 3.45. The van der Waals surface area contributed by atoms with Crippen molar-refractivity contribution in [2.24, 2.45) is 0 Å². The first kappa shape index (κ1) is 24.8. The van der Waals surface area contributed by atoms with Crippen LogP contribution in [0.4, 0.5) is 5.69 Å². The van der Waals surface area contributed by atoms with E-state index in [1.54, 1.807) is 31.1 Å². The fourth-order valence-electron chi connectivity index (χ4n) is 5.01. The Labute approximate surface area is 218 Å². The average Bonchev–Trinajstić information content (AvgIpc) is 2.92. The van der Waals surface area contributed by atoms with Gasteiger partial charge in [0.05, 0.1) is 0 Å². The molecular weight excluding hydrogens is 460 g/mol. The number of piperazine rings is 1. The van der Waals surface area contributed by atoms with E-state index < -0.39 is 0 Å². The summed E-state index contributed by atoms with van der Waals surface area (Å²) in [6.45, 7) is 8.81. The van der Waals surface area contributed by atoms with Gasteiger partial charge in [-0.1, -0.05) is 30.3 Å². The lowest BCUT2D eigenvalue weighted by molar-refractivity contribution is 0.0827. The number of aromatic amines is 1. The molecule has 0 unspecified atom stereocenters. The fraction of sp³-hybridized carbons (Fsp3) is 0.290. The van der Waals surface area contributed by atoms with Gasteiger partial charge in [0.25, 0.3) is 11.5 Å². The first-order valence-electron chi connectivity index (χ1n) is 12.9. The van der Waals surface area contributed by atoms with Crippen LogP contribution in [0.1, 0.15) is 24.2 Å². The summed E-state index contributed by atoms with van der Waals surface area (Å²) in [5, 5.41) is 0.967. The molecule has 0 aliphatic carbocycles. The summed E-state index contributed by atoms with van der Waals surface area (Å²) < 4.78 is 0. The van der Waals surface area contributed by atoms with Crippen LogP contribution >= 0.6 is 0 Å². The Hall–Kier alpha value is -3.90. The lowest BCUT2D eigenvalue weighted by Gasteiger charge is -2.38. The zero-order valence-corrected chi connectivity index (χ0v) is 22.0. The van der Waals surface area contributed by atoms with Gasteiger partial charge >= 0.3 is 0 Å². The molecule has 0 saturated carbocycles. The first-order chi connectivity index (χ1) is 17.8. The van der Waals surface area contributed by atoms with Gasteiger partial charge in [0.2, 0.25) is 0 Å². The smallest absolute Gasteiger partial charge is 0.256 e. The van der Waals surface area contributed by atoms with Gasteiger partial charge in [0.1, 0.15) is 0 Å². The molecule has 1 saturated heterocycles. The molecule has 1 fully saturated rings. The van der Waals surface area contributed by atoms with Gasteiger partial charge in [-0.15, -0.1) is 0 Å². The second kappa shape index (κ2) is 10.2. The number of fused-ring (bicyclic) bond motifs is 1. The number of benzene rings is 3. The monoisotopic (exact) mass is 494 g/mol. The van der Waals surface area contributed by atoms with Crippen molar-refractivity contribution in [2.75, 3.05) is 45.2 Å². The van der Waals surface area contributed by atoms with E-state index in [9.17, 15) is 9.59 Å². The predicted molar refractivity (Wildman–Crippen MR) is 152 cm³/mol. The summed E-state index contributed by atoms with van der Waals surface area (Å²) in [6, 6.07) is 24.6. The largest absolute Gasteiger partial charge is 0.369 e. The molecule has 1 aliphatic heterocycles. The molecule has 0 atom stereocenters. The highest BCUT2D eigenvalue weighted by molar-refractivity contribution is 5.94. The number of amides is 1. The van der Waals surface area contributed by atoms with Gasteiger partial charge < -0.3 is 14.8 Å². The van der Waals surface area contributed by atoms with E-state index in [-0.39, 0.29) is 11.5 Å². The van der Waals surface area contributed by atoms with Crippen molar-refractivity contribution in [1.29, 1.82) is 0 Å². The molecule has 4 aromatic rings. The number of carbonyl (C=O) groups excluding carboxylic acids is 1. The number of hydrogen-bond acceptors (Lipinski definition) is 4. The molecule has 1 amide bonds. The number of pyridine rings is 1. The number of anilines is 1. The summed E-state index contributed by atoms with van der Waals surface area (Å²) in [4.78, 5) is 34.6. The Morgan fingerprint density at radius 3 is 2.05 bits per heavy atom. The van der Waals surface area contributed by atoms with Gasteiger partial charge in [-0.05, 0) is 78.4 Å². The van der Waals surface area contributed by atoms with Crippen LogP contribution in [0.3, 0.4) is 0 Å². The van der Waals surface area contributed by atoms with Crippen molar-refractivity contribution >= 4 is 22.5 Å². The highest BCUT2D eigenvalue weighted by atomic mass is 16.2. The molecule has 37 heavy (non-hydrogen) atoms. The molecule has 0 radical (unpaired) electrons. The molecule has 6 nitrogen and oxygen atoms in total. The topological polar surface area (TPSA) is 59.7 Å². The van der Waals surface area contributed by atoms with Crippen molar-refractivity contribution in [3.8, 4) is 22.3 Å². The minimum atomic E-state index is -0.145. The third-order valence-electron chi connectivity index (χ3n) is 7.30. The fourth-order valence-corrected chi connectivity index (χ4v) is 5.01. The molecule has 5 rings (SSSR count). The Balaban J connectivity index is 1.39. The van der Waals surface area contributed by atoms with Gasteiger partial charge in [-0.25, -0.2) is 0 Å². The van der Waals surface area contributed by atoms with E-state index in [2.05, 4.69) is 65.0 Å². The molecular formula is C31H34N4O2. The van der Waals surface area contributed by atoms with Crippen molar-refractivity contribution in [3.63, 3.8) is 0 Å². The lowest BCUT2D eigenvalue weighted by Crippen LogP contribution is -2.48. The lowest BCUT2D eigenvalue weighted by atomic mass is 10.00. The molecule has 190 valence electrons. The maximum atomic E-state index is 12.8. The summed E-state index contributed by atoms with van der Waals surface area (Å²) >= 11 is 0. The SMILES string of the molecule is CC(C)N1CCN(c2ccc(-c3ccc4[nH]c(=O)c(-c5ccc(C(=O)N(C)C)cc5)cc4c3)cc2)CC1. The Morgan fingerprint density at radius 2 is 1.43 bits per heavy atom. The molecule has 0 spiro atoms. The van der Waals surface area contributed by atoms with E-state index in [0.29, 0.717) is 17.2 Å². The molecule has 3 aromatic carbocycles. The highest BCUT2D eigenvalue weighted by Crippen LogP contribution is 2.28. The number of nitrogens with zero attached hydrogens (tertiary/aromatic N) is 3. The minimum absolute atomic E-state index is 0.0625. The van der Waals surface area contributed by atoms with E-state index in [1.807, 2.05) is 24.3 Å². The molecule has 0 bridgehead atoms. The number of hydrogen-bond donors (Lipinski definition) is 1. The first-order valence-corrected chi connectivity index (χ1v) is 12.9. The van der Waals surface area contributed by atoms with Crippen LogP contribution in [0, 0.1) is 0 Å². The maximum absolute atomic E-state index is 12.8. The second-order valence-corrected chi connectivity index (χ2v) is 10.3. The van der Waals surface area contributed by atoms with E-state index in [1.165, 1.54) is 5.69 Å². The van der Waals surface area contributed by atoms with Gasteiger partial charge in [-0.3, -0.25) is 14.5 Å². The average molecular weight is 495 g/mol. The maximum Gasteiger partial charge on any atom is 0.256 e. The van der Waals surface area contributed by atoms with Crippen LogP contribution in [0.15, 0.2) is 77.6 Å². The van der Waals surface area contributed by atoms with Crippen LogP contribution in [0.5, 0.6) is 0 Å². The number of rotatable bonds is 5. The van der Waals surface area contributed by atoms with Crippen LogP contribution < -0.4 is 10.5 Å². The standard InChI is InChI=1S/C31H34N4O2/c1-21(2)34-15-17-35(18-16-34)27-12-9-22(10-13-27)25-11-14-29-26(19-25)20-28(30(36)32-29)23-5-7-24(8-6-23)31(37)33(3)4/h5-14,19-21H,15-18H2,1-4H3,(H,32,36). The van der Waals surface area contributed by atoms with Gasteiger partial charge in [-0.2, -0.15) is 0 Å². The Morgan fingerprint density at radius 1 is 0.811 bits per heavy atom. The Bertz CT molecular complexity index is 1460. The minimum Gasteiger partial charge on any atom is -0.369 e. The molecule has 2 heterocycles. The number of H-pyrrole nitrogens is 1. The highest BCUT2D eigenvalue weighted by Gasteiger charge is 2.19. The summed E-state index contributed by atoms with van der Waals surface area (Å²) in [6.07, 6.45) is 0. The normalized spacial score (nSPS) is 14.4. The molecule has 1 N–H and O–H groups in total. The summed E-state index contributed by atoms with van der Waals surface area (Å²) in [5.41, 5.74) is 6.13. The zero-order valence-electron chi connectivity index (χ0n) is 22.0. The molecule has 1 aromatic heterocycles. The van der Waals surface area contributed by atoms with E-state index >= 15 is 0 Å². The quantitative estimate of drug-likeness (QED) is 0.420. The van der Waals surface area contributed by atoms with Crippen molar-refractivity contribution in [2.45, 2.75) is 19.9 Å². The Kier molecular flexibility index (Phi) is 6.85. The predicted octanol–water partition coefficient (Wildman–Crippen LogP) is 5.09. The third-order valence-corrected chi connectivity index (χ3v) is 7.30. The zero-order chi connectivity index (χ0) is 26.1. The number of nitrogens with one attached hydrogen (secondary N) is 1. The summed E-state index contributed by atoms with van der Waals surface area (Å²) in [5.74, 6) is -0.0625. The van der Waals surface area contributed by atoms with Crippen LogP contribution in [-0.4, -0.2) is 67.0 Å². The van der Waals surface area contributed by atoms with Gasteiger partial charge in [0.15, 0.2) is 0 Å². The van der Waals surface area contributed by atoms with Crippen molar-refractivity contribution < 1.29 is 4.79 Å². The van der Waals surface area contributed by atoms with E-state index in [4.69, 9.17) is 0 Å². The van der Waals surface area contributed by atoms with Crippen LogP contribution in [0.2, 0.25) is 0 Å². The van der Waals surface area contributed by atoms with Gasteiger partial charge in [0, 0.05) is 68.6 Å². The molecule has 6 heteroatoms. The van der Waals surface area contributed by atoms with Crippen molar-refractivity contribution in [3.05, 3.63) is 88.7 Å². The number of aromatic nitrogens is 1. The third kappa shape index (κ3) is 5.16. The number of carbonyl (C=O) groups is 1. The van der Waals surface area contributed by atoms with Crippen LogP contribution in [-0.2, 0) is 0 Å². The van der Waals surface area contributed by atoms with Crippen LogP contribution in [0.25, 0.3) is 33.2 Å². The van der Waals surface area contributed by atoms with E-state index in [0.717, 1.165) is 53.8 Å². The molecule has 1 aliphatic rings.